The SMILES string of the molecule is CC(C)CC(=O)Nc1ccc(C(=O)CN2C(=O)N[C@]3(CCCC[C@H]3C)C2=O)cc1. The van der Waals surface area contributed by atoms with E-state index in [0.29, 0.717) is 24.1 Å². The van der Waals surface area contributed by atoms with Crippen molar-refractivity contribution < 1.29 is 19.2 Å². The predicted octanol–water partition coefficient (Wildman–Crippen LogP) is 3.35. The molecule has 2 atom stereocenters. The van der Waals surface area contributed by atoms with Gasteiger partial charge in [-0.2, -0.15) is 0 Å². The van der Waals surface area contributed by atoms with Gasteiger partial charge in [0.05, 0.1) is 6.54 Å². The van der Waals surface area contributed by atoms with Crippen molar-refractivity contribution in [2.45, 2.75) is 58.4 Å². The van der Waals surface area contributed by atoms with Gasteiger partial charge in [-0.05, 0) is 48.9 Å². The summed E-state index contributed by atoms with van der Waals surface area (Å²) in [7, 11) is 0. The monoisotopic (exact) mass is 399 g/mol. The van der Waals surface area contributed by atoms with E-state index >= 15 is 0 Å². The lowest BCUT2D eigenvalue weighted by Crippen LogP contribution is -2.54. The summed E-state index contributed by atoms with van der Waals surface area (Å²) >= 11 is 0. The standard InChI is InChI=1S/C22H29N3O4/c1-14(2)12-19(27)23-17-9-7-16(8-10-17)18(26)13-25-20(28)22(24-21(25)29)11-5-4-6-15(22)3/h7-10,14-15H,4-6,11-13H2,1-3H3,(H,23,27)(H,24,29)/t15-,22+/m1/s1. The highest BCUT2D eigenvalue weighted by molar-refractivity contribution is 6.11. The number of nitrogens with one attached hydrogen (secondary N) is 2. The van der Waals surface area contributed by atoms with Crippen LogP contribution in [-0.2, 0) is 9.59 Å². The molecule has 1 saturated carbocycles. The van der Waals surface area contributed by atoms with Gasteiger partial charge < -0.3 is 10.6 Å². The predicted molar refractivity (Wildman–Crippen MR) is 109 cm³/mol. The number of anilines is 1. The normalized spacial score (nSPS) is 24.1. The number of ketones is 1. The first-order valence-electron chi connectivity index (χ1n) is 10.3. The molecule has 0 aromatic heterocycles. The number of rotatable bonds is 6. The van der Waals surface area contributed by atoms with Crippen molar-refractivity contribution in [2.75, 3.05) is 11.9 Å². The lowest BCUT2D eigenvalue weighted by atomic mass is 9.73. The third-order valence-electron chi connectivity index (χ3n) is 5.89. The van der Waals surface area contributed by atoms with Gasteiger partial charge in [0.1, 0.15) is 5.54 Å². The first-order chi connectivity index (χ1) is 13.7. The van der Waals surface area contributed by atoms with E-state index in [2.05, 4.69) is 10.6 Å². The lowest BCUT2D eigenvalue weighted by Gasteiger charge is -2.36. The number of benzene rings is 1. The molecule has 1 spiro atoms. The second-order valence-electron chi connectivity index (χ2n) is 8.59. The average Bonchev–Trinajstić information content (AvgIpc) is 2.89. The fourth-order valence-corrected chi connectivity index (χ4v) is 4.20. The second-order valence-corrected chi connectivity index (χ2v) is 8.59. The van der Waals surface area contributed by atoms with E-state index in [1.807, 2.05) is 20.8 Å². The number of carbonyl (C=O) groups excluding carboxylic acids is 4. The van der Waals surface area contributed by atoms with Crippen LogP contribution in [0.5, 0.6) is 0 Å². The Kier molecular flexibility index (Phi) is 6.05. The van der Waals surface area contributed by atoms with Crippen LogP contribution in [0.3, 0.4) is 0 Å². The van der Waals surface area contributed by atoms with Crippen LogP contribution in [0.1, 0.15) is 63.2 Å². The molecule has 1 heterocycles. The van der Waals surface area contributed by atoms with E-state index in [1.54, 1.807) is 24.3 Å². The summed E-state index contributed by atoms with van der Waals surface area (Å²) in [5.74, 6) is -0.364. The zero-order valence-electron chi connectivity index (χ0n) is 17.3. The van der Waals surface area contributed by atoms with E-state index in [0.717, 1.165) is 24.2 Å². The van der Waals surface area contributed by atoms with Gasteiger partial charge in [-0.15, -0.1) is 0 Å². The summed E-state index contributed by atoms with van der Waals surface area (Å²) < 4.78 is 0. The molecule has 2 aliphatic rings. The summed E-state index contributed by atoms with van der Waals surface area (Å²) in [6, 6.07) is 6.02. The summed E-state index contributed by atoms with van der Waals surface area (Å²) in [6.07, 6.45) is 3.87. The van der Waals surface area contributed by atoms with Crippen LogP contribution in [0, 0.1) is 11.8 Å². The van der Waals surface area contributed by atoms with Crippen LogP contribution < -0.4 is 10.6 Å². The Bertz CT molecular complexity index is 818. The number of hydrogen-bond donors (Lipinski definition) is 2. The molecular formula is C22H29N3O4. The number of hydrogen-bond acceptors (Lipinski definition) is 4. The molecular weight excluding hydrogens is 370 g/mol. The average molecular weight is 399 g/mol. The van der Waals surface area contributed by atoms with E-state index in [9.17, 15) is 19.2 Å². The molecule has 1 aliphatic carbocycles. The first kappa shape index (κ1) is 21.0. The van der Waals surface area contributed by atoms with E-state index in [4.69, 9.17) is 0 Å². The maximum atomic E-state index is 13.0. The molecule has 1 aromatic carbocycles. The Morgan fingerprint density at radius 3 is 2.52 bits per heavy atom. The second kappa shape index (κ2) is 8.35. The summed E-state index contributed by atoms with van der Waals surface area (Å²) in [5, 5.41) is 5.65. The number of imide groups is 1. The number of amides is 4. The maximum absolute atomic E-state index is 13.0. The van der Waals surface area contributed by atoms with Crippen molar-refractivity contribution in [3.05, 3.63) is 29.8 Å². The Morgan fingerprint density at radius 2 is 1.90 bits per heavy atom. The molecule has 7 heteroatoms. The van der Waals surface area contributed by atoms with Gasteiger partial charge in [0.15, 0.2) is 5.78 Å². The third-order valence-corrected chi connectivity index (χ3v) is 5.89. The molecule has 1 aliphatic heterocycles. The Balaban J connectivity index is 1.65. The molecule has 4 amide bonds. The Labute approximate surface area is 171 Å². The van der Waals surface area contributed by atoms with E-state index in [1.165, 1.54) is 0 Å². The quantitative estimate of drug-likeness (QED) is 0.566. The highest BCUT2D eigenvalue weighted by atomic mass is 16.2. The molecule has 7 nitrogen and oxygen atoms in total. The van der Waals surface area contributed by atoms with Crippen molar-refractivity contribution in [2.24, 2.45) is 11.8 Å². The molecule has 3 rings (SSSR count). The third kappa shape index (κ3) is 4.33. The van der Waals surface area contributed by atoms with Crippen molar-refractivity contribution in [1.29, 1.82) is 0 Å². The molecule has 0 radical (unpaired) electrons. The lowest BCUT2D eigenvalue weighted by molar-refractivity contribution is -0.133. The van der Waals surface area contributed by atoms with Crippen LogP contribution in [0.15, 0.2) is 24.3 Å². The van der Waals surface area contributed by atoms with Gasteiger partial charge in [0.2, 0.25) is 5.91 Å². The zero-order chi connectivity index (χ0) is 21.2. The maximum Gasteiger partial charge on any atom is 0.325 e. The van der Waals surface area contributed by atoms with Gasteiger partial charge in [-0.1, -0.05) is 33.6 Å². The van der Waals surface area contributed by atoms with Gasteiger partial charge >= 0.3 is 6.03 Å². The summed E-state index contributed by atoms with van der Waals surface area (Å²) in [5.41, 5.74) is 0.141. The van der Waals surface area contributed by atoms with Gasteiger partial charge in [-0.3, -0.25) is 19.3 Å². The molecule has 0 unspecified atom stereocenters. The first-order valence-corrected chi connectivity index (χ1v) is 10.3. The van der Waals surface area contributed by atoms with Gasteiger partial charge in [-0.25, -0.2) is 4.79 Å². The zero-order valence-corrected chi connectivity index (χ0v) is 17.3. The van der Waals surface area contributed by atoms with Crippen molar-refractivity contribution in [1.82, 2.24) is 10.2 Å². The number of Topliss-reactive ketones (excluding diaryl/α,β-unsaturated/α-hetero) is 1. The van der Waals surface area contributed by atoms with Crippen molar-refractivity contribution >= 4 is 29.3 Å². The molecule has 156 valence electrons. The minimum atomic E-state index is -0.861. The van der Waals surface area contributed by atoms with Gasteiger partial charge in [0, 0.05) is 17.7 Å². The Morgan fingerprint density at radius 1 is 1.21 bits per heavy atom. The van der Waals surface area contributed by atoms with Crippen LogP contribution in [0.25, 0.3) is 0 Å². The van der Waals surface area contributed by atoms with Crippen LogP contribution in [0.2, 0.25) is 0 Å². The molecule has 2 N–H and O–H groups in total. The Hall–Kier alpha value is -2.70. The summed E-state index contributed by atoms with van der Waals surface area (Å²) in [4.78, 5) is 51.0. The summed E-state index contributed by atoms with van der Waals surface area (Å²) in [6.45, 7) is 5.64. The fourth-order valence-electron chi connectivity index (χ4n) is 4.20. The molecule has 1 saturated heterocycles. The van der Waals surface area contributed by atoms with Crippen molar-refractivity contribution in [3.8, 4) is 0 Å². The molecule has 29 heavy (non-hydrogen) atoms. The number of carbonyl (C=O) groups is 4. The smallest absolute Gasteiger partial charge is 0.325 e. The number of urea groups is 1. The highest BCUT2D eigenvalue weighted by Gasteiger charge is 2.55. The molecule has 2 fully saturated rings. The van der Waals surface area contributed by atoms with Crippen LogP contribution in [-0.4, -0.2) is 40.6 Å². The van der Waals surface area contributed by atoms with E-state index < -0.39 is 11.6 Å². The topological polar surface area (TPSA) is 95.6 Å². The number of nitrogens with zero attached hydrogens (tertiary/aromatic N) is 1. The minimum Gasteiger partial charge on any atom is -0.326 e. The minimum absolute atomic E-state index is 0.0570. The highest BCUT2D eigenvalue weighted by Crippen LogP contribution is 2.38. The van der Waals surface area contributed by atoms with Crippen LogP contribution in [0.4, 0.5) is 10.5 Å². The van der Waals surface area contributed by atoms with Gasteiger partial charge in [0.25, 0.3) is 5.91 Å². The van der Waals surface area contributed by atoms with Crippen LogP contribution >= 0.6 is 0 Å². The van der Waals surface area contributed by atoms with E-state index in [-0.39, 0.29) is 36.0 Å². The largest absolute Gasteiger partial charge is 0.326 e. The molecule has 1 aromatic rings. The molecule has 0 bridgehead atoms. The van der Waals surface area contributed by atoms with Crippen molar-refractivity contribution in [3.63, 3.8) is 0 Å². The fraction of sp³-hybridized carbons (Fsp3) is 0.545.